The van der Waals surface area contributed by atoms with Crippen molar-refractivity contribution in [1.29, 1.82) is 5.41 Å². The van der Waals surface area contributed by atoms with Crippen molar-refractivity contribution in [2.24, 2.45) is 10.7 Å². The maximum Gasteiger partial charge on any atom is 0.154 e. The van der Waals surface area contributed by atoms with Gasteiger partial charge in [0.15, 0.2) is 5.84 Å². The number of hydrogen-bond donors (Lipinski definition) is 2. The highest BCUT2D eigenvalue weighted by Gasteiger charge is 2.18. The molecule has 3 nitrogen and oxygen atoms in total. The van der Waals surface area contributed by atoms with Gasteiger partial charge in [-0.3, -0.25) is 5.41 Å². The number of nitrogens with zero attached hydrogens (tertiary/aromatic N) is 1. The van der Waals surface area contributed by atoms with Crippen LogP contribution in [0.25, 0.3) is 0 Å². The lowest BCUT2D eigenvalue weighted by molar-refractivity contribution is 1.45. The van der Waals surface area contributed by atoms with Crippen molar-refractivity contribution >= 4 is 25.7 Å². The van der Waals surface area contributed by atoms with Crippen LogP contribution in [0.5, 0.6) is 0 Å². The van der Waals surface area contributed by atoms with Crippen molar-refractivity contribution in [2.75, 3.05) is 0 Å². The van der Waals surface area contributed by atoms with Gasteiger partial charge in [0, 0.05) is 11.1 Å². The Morgan fingerprint density at radius 1 is 1.29 bits per heavy atom. The van der Waals surface area contributed by atoms with Gasteiger partial charge < -0.3 is 5.73 Å². The van der Waals surface area contributed by atoms with Gasteiger partial charge in [-0.2, -0.15) is 0 Å². The topological polar surface area (TPSA) is 62.2 Å². The number of benzene rings is 1. The van der Waals surface area contributed by atoms with E-state index in [4.69, 9.17) is 11.1 Å². The summed E-state index contributed by atoms with van der Waals surface area (Å²) < 4.78 is 0. The molecule has 0 aliphatic carbocycles. The second kappa shape index (κ2) is 3.06. The molecule has 2 rings (SSSR count). The van der Waals surface area contributed by atoms with Crippen molar-refractivity contribution in [3.8, 4) is 0 Å². The predicted molar refractivity (Wildman–Crippen MR) is 61.1 cm³/mol. The second-order valence-electron chi connectivity index (χ2n) is 3.61. The fourth-order valence-electron chi connectivity index (χ4n) is 1.52. The van der Waals surface area contributed by atoms with Crippen LogP contribution in [-0.4, -0.2) is 20.5 Å². The smallest absolute Gasteiger partial charge is 0.154 e. The SMILES string of the molecule is C[Si](C)c1ccc2c(c1)C(=N)N=C2N. The minimum Gasteiger partial charge on any atom is -0.383 e. The van der Waals surface area contributed by atoms with Crippen LogP contribution < -0.4 is 10.9 Å². The molecule has 1 aliphatic rings. The first-order chi connectivity index (χ1) is 6.59. The third kappa shape index (κ3) is 1.28. The number of nitrogens with two attached hydrogens (primary N) is 1. The molecule has 0 saturated carbocycles. The fraction of sp³-hybridized carbons (Fsp3) is 0.200. The van der Waals surface area contributed by atoms with E-state index in [-0.39, 0.29) is 0 Å². The highest BCUT2D eigenvalue weighted by atomic mass is 28.3. The van der Waals surface area contributed by atoms with Crippen LogP contribution in [0.1, 0.15) is 11.1 Å². The van der Waals surface area contributed by atoms with Gasteiger partial charge in [0.2, 0.25) is 0 Å². The number of rotatable bonds is 1. The molecular formula is C10H12N3Si. The van der Waals surface area contributed by atoms with Crippen molar-refractivity contribution in [3.05, 3.63) is 29.3 Å². The van der Waals surface area contributed by atoms with Crippen LogP contribution in [0.2, 0.25) is 13.1 Å². The lowest BCUT2D eigenvalue weighted by Gasteiger charge is -2.06. The van der Waals surface area contributed by atoms with Crippen molar-refractivity contribution in [2.45, 2.75) is 13.1 Å². The summed E-state index contributed by atoms with van der Waals surface area (Å²) in [5.74, 6) is 0.764. The van der Waals surface area contributed by atoms with Crippen LogP contribution >= 0.6 is 0 Å². The van der Waals surface area contributed by atoms with Gasteiger partial charge in [-0.25, -0.2) is 4.99 Å². The Morgan fingerprint density at radius 3 is 2.64 bits per heavy atom. The highest BCUT2D eigenvalue weighted by molar-refractivity contribution is 6.70. The molecule has 1 aliphatic heterocycles. The van der Waals surface area contributed by atoms with E-state index >= 15 is 0 Å². The maximum absolute atomic E-state index is 7.64. The molecule has 0 saturated heterocycles. The van der Waals surface area contributed by atoms with Crippen LogP contribution in [-0.2, 0) is 0 Å². The minimum atomic E-state index is -0.462. The molecule has 71 valence electrons. The minimum absolute atomic E-state index is 0.294. The summed E-state index contributed by atoms with van der Waals surface area (Å²) in [5.41, 5.74) is 7.47. The number of fused-ring (bicyclic) bond motifs is 1. The Kier molecular flexibility index (Phi) is 2.00. The molecule has 0 aromatic heterocycles. The maximum atomic E-state index is 7.64. The third-order valence-electron chi connectivity index (χ3n) is 2.36. The highest BCUT2D eigenvalue weighted by Crippen LogP contribution is 2.15. The zero-order valence-electron chi connectivity index (χ0n) is 8.26. The molecule has 0 bridgehead atoms. The molecule has 0 atom stereocenters. The first kappa shape index (κ1) is 9.14. The fourth-order valence-corrected chi connectivity index (χ4v) is 2.37. The molecule has 1 heterocycles. The molecule has 1 aromatic carbocycles. The zero-order valence-corrected chi connectivity index (χ0v) is 9.26. The molecule has 0 amide bonds. The van der Waals surface area contributed by atoms with E-state index < -0.39 is 8.80 Å². The summed E-state index contributed by atoms with van der Waals surface area (Å²) in [4.78, 5) is 3.95. The molecule has 0 fully saturated rings. The van der Waals surface area contributed by atoms with Gasteiger partial charge in [-0.15, -0.1) is 0 Å². The summed E-state index contributed by atoms with van der Waals surface area (Å²) in [5, 5.41) is 8.96. The molecule has 4 heteroatoms. The Labute approximate surface area is 84.8 Å². The van der Waals surface area contributed by atoms with Crippen LogP contribution in [0, 0.1) is 5.41 Å². The number of hydrogen-bond acceptors (Lipinski definition) is 2. The first-order valence-electron chi connectivity index (χ1n) is 4.47. The lowest BCUT2D eigenvalue weighted by Crippen LogP contribution is -2.24. The summed E-state index contributed by atoms with van der Waals surface area (Å²) in [6, 6.07) is 6.12. The summed E-state index contributed by atoms with van der Waals surface area (Å²) in [7, 11) is -0.462. The van der Waals surface area contributed by atoms with Crippen LogP contribution in [0.4, 0.5) is 0 Å². The largest absolute Gasteiger partial charge is 0.383 e. The van der Waals surface area contributed by atoms with E-state index in [0.717, 1.165) is 11.1 Å². The molecule has 0 spiro atoms. The first-order valence-corrected chi connectivity index (χ1v) is 6.97. The lowest BCUT2D eigenvalue weighted by atomic mass is 10.1. The van der Waals surface area contributed by atoms with E-state index in [2.05, 4.69) is 30.2 Å². The Balaban J connectivity index is 2.55. The summed E-state index contributed by atoms with van der Waals surface area (Å²) in [6.07, 6.45) is 0. The van der Waals surface area contributed by atoms with Gasteiger partial charge in [0.25, 0.3) is 0 Å². The van der Waals surface area contributed by atoms with Crippen LogP contribution in [0.3, 0.4) is 0 Å². The van der Waals surface area contributed by atoms with Gasteiger partial charge in [0.1, 0.15) is 5.84 Å². The summed E-state index contributed by atoms with van der Waals surface area (Å²) >= 11 is 0. The monoisotopic (exact) mass is 202 g/mol. The van der Waals surface area contributed by atoms with Gasteiger partial charge >= 0.3 is 0 Å². The molecule has 0 unspecified atom stereocenters. The van der Waals surface area contributed by atoms with Gasteiger partial charge in [-0.05, 0) is 0 Å². The van der Waals surface area contributed by atoms with E-state index in [9.17, 15) is 0 Å². The zero-order chi connectivity index (χ0) is 10.3. The van der Waals surface area contributed by atoms with Crippen molar-refractivity contribution < 1.29 is 0 Å². The number of nitrogens with one attached hydrogen (secondary N) is 1. The van der Waals surface area contributed by atoms with Crippen molar-refractivity contribution in [3.63, 3.8) is 0 Å². The molecule has 14 heavy (non-hydrogen) atoms. The van der Waals surface area contributed by atoms with Gasteiger partial charge in [0.05, 0.1) is 8.80 Å². The Morgan fingerprint density at radius 2 is 2.00 bits per heavy atom. The molecule has 3 N–H and O–H groups in total. The second-order valence-corrected chi connectivity index (χ2v) is 6.18. The molecule has 1 radical (unpaired) electrons. The van der Waals surface area contributed by atoms with Crippen LogP contribution in [0.15, 0.2) is 23.2 Å². The van der Waals surface area contributed by atoms with E-state index in [1.54, 1.807) is 0 Å². The number of aliphatic imine (C=N–C) groups is 1. The molecular weight excluding hydrogens is 190 g/mol. The van der Waals surface area contributed by atoms with Gasteiger partial charge in [-0.1, -0.05) is 36.5 Å². The predicted octanol–water partition coefficient (Wildman–Crippen LogP) is 0.692. The quantitative estimate of drug-likeness (QED) is 0.647. The number of amidine groups is 2. The van der Waals surface area contributed by atoms with E-state index in [1.165, 1.54) is 5.19 Å². The van der Waals surface area contributed by atoms with Crippen molar-refractivity contribution in [1.82, 2.24) is 0 Å². The summed E-state index contributed by atoms with van der Waals surface area (Å²) in [6.45, 7) is 4.46. The third-order valence-corrected chi connectivity index (χ3v) is 3.83. The average Bonchev–Trinajstić information content (AvgIpc) is 2.42. The Hall–Kier alpha value is -1.42. The Bertz CT molecular complexity index is 435. The molecule has 1 aromatic rings. The standard InChI is InChI=1S/C10H12N3Si/c1-14(2)6-3-4-7-8(5-6)10(12)13-9(7)11/h3-5H,1-2H3,(H3,11,12,13). The van der Waals surface area contributed by atoms with E-state index in [0.29, 0.717) is 11.7 Å². The normalized spacial score (nSPS) is 14.5. The average molecular weight is 202 g/mol. The van der Waals surface area contributed by atoms with E-state index in [1.807, 2.05) is 6.07 Å².